The Kier molecular flexibility index (Phi) is 37.5. The van der Waals surface area contributed by atoms with Gasteiger partial charge in [0.25, 0.3) is 22.7 Å². The summed E-state index contributed by atoms with van der Waals surface area (Å²) in [5, 5.41) is 81.3. The van der Waals surface area contributed by atoms with Gasteiger partial charge in [-0.2, -0.15) is 0 Å². The molecule has 30 heteroatoms. The van der Waals surface area contributed by atoms with Crippen molar-refractivity contribution in [2.45, 2.75) is 0 Å². The molecule has 0 amide bonds. The molecule has 0 saturated carbocycles. The molecular weight excluding hydrogens is 1130 g/mol. The fourth-order valence-electron chi connectivity index (χ4n) is 4.93. The number of nitro benzene ring substituents is 4. The quantitative estimate of drug-likeness (QED) is 0.103. The molecule has 4 aromatic carbocycles. The molecule has 8 rings (SSSR count). The summed E-state index contributed by atoms with van der Waals surface area (Å²) in [7, 11) is 0. The second kappa shape index (κ2) is 39.3. The van der Waals surface area contributed by atoms with E-state index in [0.29, 0.717) is 0 Å². The Morgan fingerprint density at radius 2 is 0.449 bits per heavy atom. The van der Waals surface area contributed by atoms with Crippen LogP contribution in [0.25, 0.3) is 22.8 Å². The third-order valence-electron chi connectivity index (χ3n) is 8.44. The molecule has 28 nitrogen and oxygen atoms in total. The number of hydrogen-bond donors (Lipinski definition) is 0. The minimum Gasteiger partial charge on any atom is -0.545 e. The van der Waals surface area contributed by atoms with E-state index in [0.717, 1.165) is 120 Å². The largest absolute Gasteiger partial charge is 2.00 e. The third kappa shape index (κ3) is 26.7. The average molecular weight is 1170 g/mol. The van der Waals surface area contributed by atoms with Crippen molar-refractivity contribution in [1.82, 2.24) is 19.9 Å². The zero-order chi connectivity index (χ0) is 53.0. The molecule has 4 aromatic heterocycles. The molecule has 78 heavy (non-hydrogen) atoms. The SMILES string of the molecule is O.O.O=C([O-])c1ccc([N+](=O)[O-])cc1.O=C([O-])c1ccc([N+](=O)[O-])cc1.O=C([O-])c1ccc([N+](=O)[O-])cc1.O=C([O-])c1ccc([N+](=O)[O-])cc1.[Co+2].[Co+2].[OH3+].[OH3+].c1ccc(-c2ccccn2)nc1.c1ccc(-c2ccccn2)nc1. The Bertz CT molecular complexity index is 2520. The molecule has 0 atom stereocenters. The third-order valence-corrected chi connectivity index (χ3v) is 8.44. The number of aromatic carboxylic acids is 4. The molecule has 0 aliphatic heterocycles. The number of carboxylic acid groups (broad SMARTS) is 4. The first-order valence-corrected chi connectivity index (χ1v) is 19.9. The molecule has 0 fully saturated rings. The minimum atomic E-state index is -1.34. The van der Waals surface area contributed by atoms with Gasteiger partial charge in [-0.25, -0.2) is 0 Å². The van der Waals surface area contributed by atoms with Crippen LogP contribution < -0.4 is 20.4 Å². The number of carboxylic acids is 4. The average Bonchev–Trinajstić information content (AvgIpc) is 3.40. The van der Waals surface area contributed by atoms with Crippen LogP contribution in [0.3, 0.4) is 0 Å². The number of carbonyl (C=O) groups excluding carboxylic acids is 4. The Balaban J connectivity index is -0.000000415. The molecule has 410 valence electrons. The summed E-state index contributed by atoms with van der Waals surface area (Å²) >= 11 is 0. The van der Waals surface area contributed by atoms with Gasteiger partial charge in [-0.15, -0.1) is 0 Å². The normalized spacial score (nSPS) is 8.72. The summed E-state index contributed by atoms with van der Waals surface area (Å²) < 4.78 is 0. The molecule has 4 heterocycles. The van der Waals surface area contributed by atoms with Gasteiger partial charge >= 0.3 is 33.6 Å². The van der Waals surface area contributed by atoms with E-state index in [9.17, 15) is 80.1 Å². The van der Waals surface area contributed by atoms with Gasteiger partial charge in [0, 0.05) is 73.3 Å². The van der Waals surface area contributed by atoms with Gasteiger partial charge in [0.2, 0.25) is 0 Å². The van der Waals surface area contributed by atoms with Gasteiger partial charge < -0.3 is 61.5 Å². The number of carbonyl (C=O) groups is 4. The Labute approximate surface area is 459 Å². The molecule has 0 aliphatic carbocycles. The summed E-state index contributed by atoms with van der Waals surface area (Å²) in [6.07, 6.45) is 7.07. The Morgan fingerprint density at radius 3 is 0.551 bits per heavy atom. The zero-order valence-corrected chi connectivity index (χ0v) is 41.5. The van der Waals surface area contributed by atoms with Crippen molar-refractivity contribution in [1.29, 1.82) is 0 Å². The smallest absolute Gasteiger partial charge is 0.545 e. The van der Waals surface area contributed by atoms with Crippen molar-refractivity contribution < 1.29 is 115 Å². The van der Waals surface area contributed by atoms with Crippen molar-refractivity contribution in [3.63, 3.8) is 0 Å². The van der Waals surface area contributed by atoms with Gasteiger partial charge in [-0.3, -0.25) is 60.4 Å². The van der Waals surface area contributed by atoms with Gasteiger partial charge in [-0.05, 0) is 119 Å². The summed E-state index contributed by atoms with van der Waals surface area (Å²) in [5.74, 6) is -5.37. The van der Waals surface area contributed by atoms with Crippen molar-refractivity contribution in [3.8, 4) is 22.8 Å². The molecule has 0 unspecified atom stereocenters. The van der Waals surface area contributed by atoms with Crippen LogP contribution in [-0.4, -0.2) is 74.5 Å². The number of nitrogens with zero attached hydrogens (tertiary/aromatic N) is 8. The van der Waals surface area contributed by atoms with E-state index in [4.69, 9.17) is 0 Å². The number of non-ortho nitro benzene ring substituents is 4. The van der Waals surface area contributed by atoms with E-state index in [1.807, 2.05) is 72.8 Å². The van der Waals surface area contributed by atoms with Crippen LogP contribution in [0.4, 0.5) is 22.7 Å². The minimum absolute atomic E-state index is 0. The van der Waals surface area contributed by atoms with Gasteiger partial charge in [0.15, 0.2) is 0 Å². The van der Waals surface area contributed by atoms with E-state index in [2.05, 4.69) is 19.9 Å². The van der Waals surface area contributed by atoms with Crippen LogP contribution in [0.15, 0.2) is 195 Å². The Hall–Kier alpha value is -10.2. The van der Waals surface area contributed by atoms with Crippen molar-refractivity contribution in [2.75, 3.05) is 0 Å². The van der Waals surface area contributed by atoms with E-state index in [1.54, 1.807) is 24.8 Å². The fraction of sp³-hybridized carbons (Fsp3) is 0. The first kappa shape index (κ1) is 74.3. The summed E-state index contributed by atoms with van der Waals surface area (Å²) in [6, 6.07) is 41.2. The van der Waals surface area contributed by atoms with Crippen molar-refractivity contribution >= 4 is 46.6 Å². The van der Waals surface area contributed by atoms with Crippen molar-refractivity contribution in [3.05, 3.63) is 257 Å². The number of aromatic nitrogens is 4. The molecule has 0 bridgehead atoms. The van der Waals surface area contributed by atoms with Crippen LogP contribution >= 0.6 is 0 Å². The molecular formula is C48H42Co2N8O20+2. The molecule has 0 aliphatic rings. The molecule has 8 aromatic rings. The maximum absolute atomic E-state index is 10.2. The number of rotatable bonds is 10. The predicted octanol–water partition coefficient (Wildman–Crippen LogP) is 0.622. The van der Waals surface area contributed by atoms with Crippen LogP contribution in [0.5, 0.6) is 0 Å². The maximum atomic E-state index is 10.2. The Morgan fingerprint density at radius 1 is 0.295 bits per heavy atom. The van der Waals surface area contributed by atoms with Gasteiger partial charge in [0.05, 0.1) is 66.3 Å². The van der Waals surface area contributed by atoms with Crippen LogP contribution in [0, 0.1) is 40.5 Å². The van der Waals surface area contributed by atoms with Crippen molar-refractivity contribution in [2.24, 2.45) is 0 Å². The van der Waals surface area contributed by atoms with Crippen LogP contribution in [0.2, 0.25) is 0 Å². The summed E-state index contributed by atoms with van der Waals surface area (Å²) in [4.78, 5) is 95.7. The molecule has 0 saturated heterocycles. The number of hydrogen-bond acceptors (Lipinski definition) is 20. The van der Waals surface area contributed by atoms with E-state index in [-0.39, 0.29) is 100 Å². The number of benzene rings is 4. The van der Waals surface area contributed by atoms with Gasteiger partial charge in [0.1, 0.15) is 0 Å². The fourth-order valence-corrected chi connectivity index (χ4v) is 4.93. The molecule has 0 spiro atoms. The van der Waals surface area contributed by atoms with Crippen LogP contribution in [0.1, 0.15) is 41.4 Å². The van der Waals surface area contributed by atoms with E-state index < -0.39 is 43.6 Å². The second-order valence-electron chi connectivity index (χ2n) is 13.2. The number of nitro groups is 4. The first-order chi connectivity index (χ1) is 34.4. The predicted molar refractivity (Wildman–Crippen MR) is 262 cm³/mol. The molecule has 10 N–H and O–H groups in total. The summed E-state index contributed by atoms with van der Waals surface area (Å²) in [6.45, 7) is 0. The maximum Gasteiger partial charge on any atom is 2.00 e. The summed E-state index contributed by atoms with van der Waals surface area (Å²) in [5.41, 5.74) is 2.83. The van der Waals surface area contributed by atoms with Gasteiger partial charge in [-0.1, -0.05) is 24.3 Å². The number of pyridine rings is 4. The molecule has 2 radical (unpaired) electrons. The first-order valence-electron chi connectivity index (χ1n) is 19.9. The van der Waals surface area contributed by atoms with E-state index in [1.165, 1.54) is 0 Å². The van der Waals surface area contributed by atoms with E-state index >= 15 is 0 Å². The van der Waals surface area contributed by atoms with Crippen LogP contribution in [-0.2, 0) is 44.5 Å². The standard InChI is InChI=1S/2C10H8N2.4C7H5NO4.2Co.4H2O/c2*1-3-7-11-9(5-1)10-6-2-4-8-12-10;4*9-7(10)5-1-3-6(4-2-5)8(11)12;;;;;;/h2*1-8H;4*1-4H,(H,9,10);;;4*1H2/q;;;;;;2*+2;;;;/p-2. The topological polar surface area (TPSA) is 514 Å². The monoisotopic (exact) mass is 1170 g/mol. The zero-order valence-electron chi connectivity index (χ0n) is 39.4. The second-order valence-corrected chi connectivity index (χ2v) is 13.2.